The first-order valence-corrected chi connectivity index (χ1v) is 9.41. The molecule has 2 atom stereocenters. The van der Waals surface area contributed by atoms with E-state index in [-0.39, 0.29) is 42.1 Å². The molecule has 0 aromatic heterocycles. The Labute approximate surface area is 163 Å². The van der Waals surface area contributed by atoms with Crippen LogP contribution in [0.15, 0.2) is 30.3 Å². The van der Waals surface area contributed by atoms with Crippen LogP contribution in [0.3, 0.4) is 0 Å². The van der Waals surface area contributed by atoms with E-state index in [9.17, 15) is 9.59 Å². The van der Waals surface area contributed by atoms with Crippen molar-refractivity contribution < 1.29 is 9.59 Å². The predicted octanol–water partition coefficient (Wildman–Crippen LogP) is 2.90. The van der Waals surface area contributed by atoms with Gasteiger partial charge in [0.25, 0.3) is 0 Å². The van der Waals surface area contributed by atoms with Crippen molar-refractivity contribution in [2.75, 3.05) is 19.6 Å². The Balaban J connectivity index is 0.00000338. The van der Waals surface area contributed by atoms with Crippen LogP contribution in [0.2, 0.25) is 0 Å². The van der Waals surface area contributed by atoms with E-state index in [2.05, 4.69) is 12.2 Å². The van der Waals surface area contributed by atoms with E-state index in [0.29, 0.717) is 13.1 Å². The van der Waals surface area contributed by atoms with Gasteiger partial charge < -0.3 is 16.0 Å². The van der Waals surface area contributed by atoms with Gasteiger partial charge in [0.2, 0.25) is 11.8 Å². The van der Waals surface area contributed by atoms with Gasteiger partial charge in [-0.1, -0.05) is 50.6 Å². The molecule has 1 heterocycles. The first-order valence-electron chi connectivity index (χ1n) is 9.41. The zero-order chi connectivity index (χ0) is 18.2. The van der Waals surface area contributed by atoms with Crippen molar-refractivity contribution in [3.05, 3.63) is 35.9 Å². The van der Waals surface area contributed by atoms with E-state index in [4.69, 9.17) is 5.73 Å². The van der Waals surface area contributed by atoms with Gasteiger partial charge in [-0.3, -0.25) is 9.59 Å². The molecular weight excluding hydrogens is 350 g/mol. The van der Waals surface area contributed by atoms with Gasteiger partial charge in [-0.25, -0.2) is 0 Å². The summed E-state index contributed by atoms with van der Waals surface area (Å²) >= 11 is 0. The number of amides is 2. The van der Waals surface area contributed by atoms with Crippen molar-refractivity contribution in [2.45, 2.75) is 45.6 Å². The molecule has 6 heteroatoms. The fourth-order valence-electron chi connectivity index (χ4n) is 3.30. The van der Waals surface area contributed by atoms with Crippen LogP contribution in [0.5, 0.6) is 0 Å². The van der Waals surface area contributed by atoms with E-state index in [1.54, 1.807) is 0 Å². The predicted molar refractivity (Wildman–Crippen MR) is 107 cm³/mol. The number of hydrogen-bond donors (Lipinski definition) is 2. The lowest BCUT2D eigenvalue weighted by Crippen LogP contribution is -2.46. The SMILES string of the molecule is CCCCNC(=O)C1CCN(C(=O)C(C)C(N)c2ccccc2)CC1.Cl. The third-order valence-electron chi connectivity index (χ3n) is 5.12. The molecule has 0 aliphatic carbocycles. The second-order valence-electron chi connectivity index (χ2n) is 6.97. The van der Waals surface area contributed by atoms with Gasteiger partial charge in [0, 0.05) is 31.6 Å². The molecule has 5 nitrogen and oxygen atoms in total. The molecule has 0 saturated carbocycles. The highest BCUT2D eigenvalue weighted by Gasteiger charge is 2.31. The third kappa shape index (κ3) is 5.99. The van der Waals surface area contributed by atoms with Gasteiger partial charge in [0.15, 0.2) is 0 Å². The number of hydrogen-bond acceptors (Lipinski definition) is 3. The van der Waals surface area contributed by atoms with Crippen molar-refractivity contribution in [2.24, 2.45) is 17.6 Å². The second-order valence-corrected chi connectivity index (χ2v) is 6.97. The molecule has 1 fully saturated rings. The number of benzene rings is 1. The molecule has 0 radical (unpaired) electrons. The molecule has 146 valence electrons. The van der Waals surface area contributed by atoms with E-state index in [1.165, 1.54) is 0 Å². The number of likely N-dealkylation sites (tertiary alicyclic amines) is 1. The van der Waals surface area contributed by atoms with Crippen LogP contribution >= 0.6 is 12.4 Å². The summed E-state index contributed by atoms with van der Waals surface area (Å²) in [5.41, 5.74) is 7.26. The van der Waals surface area contributed by atoms with Crippen molar-refractivity contribution in [3.63, 3.8) is 0 Å². The monoisotopic (exact) mass is 381 g/mol. The van der Waals surface area contributed by atoms with E-state index in [0.717, 1.165) is 37.8 Å². The summed E-state index contributed by atoms with van der Waals surface area (Å²) in [6, 6.07) is 9.44. The number of nitrogens with zero attached hydrogens (tertiary/aromatic N) is 1. The summed E-state index contributed by atoms with van der Waals surface area (Å²) in [7, 11) is 0. The first-order chi connectivity index (χ1) is 12.0. The van der Waals surface area contributed by atoms with Crippen LogP contribution in [-0.2, 0) is 9.59 Å². The van der Waals surface area contributed by atoms with Crippen molar-refractivity contribution in [3.8, 4) is 0 Å². The highest BCUT2D eigenvalue weighted by Crippen LogP contribution is 2.24. The minimum Gasteiger partial charge on any atom is -0.356 e. The quantitative estimate of drug-likeness (QED) is 0.713. The lowest BCUT2D eigenvalue weighted by Gasteiger charge is -2.34. The average Bonchev–Trinajstić information content (AvgIpc) is 2.67. The van der Waals surface area contributed by atoms with Crippen molar-refractivity contribution in [1.29, 1.82) is 0 Å². The maximum atomic E-state index is 12.7. The Morgan fingerprint density at radius 3 is 2.42 bits per heavy atom. The van der Waals surface area contributed by atoms with E-state index in [1.807, 2.05) is 42.2 Å². The molecule has 1 saturated heterocycles. The Hall–Kier alpha value is -1.59. The zero-order valence-corrected chi connectivity index (χ0v) is 16.6. The second kappa shape index (κ2) is 11.2. The molecule has 2 amide bonds. The number of halogens is 1. The molecule has 1 aromatic rings. The molecule has 3 N–H and O–H groups in total. The number of carbonyl (C=O) groups is 2. The van der Waals surface area contributed by atoms with Gasteiger partial charge in [0.1, 0.15) is 0 Å². The average molecular weight is 382 g/mol. The van der Waals surface area contributed by atoms with Crippen LogP contribution in [0.25, 0.3) is 0 Å². The number of nitrogens with two attached hydrogens (primary N) is 1. The van der Waals surface area contributed by atoms with Gasteiger partial charge >= 0.3 is 0 Å². The van der Waals surface area contributed by atoms with Crippen LogP contribution in [0, 0.1) is 11.8 Å². The van der Waals surface area contributed by atoms with Crippen LogP contribution in [0.1, 0.15) is 51.1 Å². The highest BCUT2D eigenvalue weighted by atomic mass is 35.5. The minimum atomic E-state index is -0.302. The largest absolute Gasteiger partial charge is 0.356 e. The Morgan fingerprint density at radius 2 is 1.85 bits per heavy atom. The number of piperidine rings is 1. The maximum Gasteiger partial charge on any atom is 0.227 e. The summed E-state index contributed by atoms with van der Waals surface area (Å²) in [4.78, 5) is 26.8. The third-order valence-corrected chi connectivity index (χ3v) is 5.12. The molecule has 2 rings (SSSR count). The van der Waals surface area contributed by atoms with E-state index >= 15 is 0 Å². The summed E-state index contributed by atoms with van der Waals surface area (Å²) < 4.78 is 0. The number of rotatable bonds is 7. The molecule has 26 heavy (non-hydrogen) atoms. The highest BCUT2D eigenvalue weighted by molar-refractivity contribution is 5.85. The smallest absolute Gasteiger partial charge is 0.227 e. The molecule has 2 unspecified atom stereocenters. The molecule has 0 bridgehead atoms. The van der Waals surface area contributed by atoms with Gasteiger partial charge in [-0.2, -0.15) is 0 Å². The van der Waals surface area contributed by atoms with Gasteiger partial charge in [-0.15, -0.1) is 12.4 Å². The summed E-state index contributed by atoms with van der Waals surface area (Å²) in [6.45, 7) is 6.02. The lowest BCUT2D eigenvalue weighted by atomic mass is 9.91. The molecule has 0 spiro atoms. The Bertz CT molecular complexity index is 559. The molecular formula is C20H32ClN3O2. The molecule has 1 aromatic carbocycles. The van der Waals surface area contributed by atoms with Gasteiger partial charge in [0.05, 0.1) is 5.92 Å². The van der Waals surface area contributed by atoms with Crippen LogP contribution in [0.4, 0.5) is 0 Å². The van der Waals surface area contributed by atoms with Crippen molar-refractivity contribution >= 4 is 24.2 Å². The normalized spacial score (nSPS) is 17.1. The Kier molecular flexibility index (Phi) is 9.66. The number of nitrogens with one attached hydrogen (secondary N) is 1. The van der Waals surface area contributed by atoms with Crippen LogP contribution in [-0.4, -0.2) is 36.3 Å². The topological polar surface area (TPSA) is 75.4 Å². The summed E-state index contributed by atoms with van der Waals surface area (Å²) in [5, 5.41) is 3.00. The fraction of sp³-hybridized carbons (Fsp3) is 0.600. The standard InChI is InChI=1S/C20H31N3O2.ClH/c1-3-4-12-22-19(24)17-10-13-23(14-11-17)20(25)15(2)18(21)16-8-6-5-7-9-16;/h5-9,15,17-18H,3-4,10-14,21H2,1-2H3,(H,22,24);1H. The lowest BCUT2D eigenvalue weighted by molar-refractivity contribution is -0.139. The van der Waals surface area contributed by atoms with E-state index < -0.39 is 0 Å². The number of unbranched alkanes of at least 4 members (excludes halogenated alkanes) is 1. The van der Waals surface area contributed by atoms with Crippen molar-refractivity contribution in [1.82, 2.24) is 10.2 Å². The van der Waals surface area contributed by atoms with Gasteiger partial charge in [-0.05, 0) is 24.8 Å². The molecule has 1 aliphatic heterocycles. The minimum absolute atomic E-state index is 0. The summed E-state index contributed by atoms with van der Waals surface area (Å²) in [6.07, 6.45) is 3.55. The fourth-order valence-corrected chi connectivity index (χ4v) is 3.30. The zero-order valence-electron chi connectivity index (χ0n) is 15.8. The van der Waals surface area contributed by atoms with Crippen LogP contribution < -0.4 is 11.1 Å². The summed E-state index contributed by atoms with van der Waals surface area (Å²) in [5.74, 6) is -0.0212. The first kappa shape index (κ1) is 22.5. The molecule has 1 aliphatic rings. The Morgan fingerprint density at radius 1 is 1.23 bits per heavy atom. The number of carbonyl (C=O) groups excluding carboxylic acids is 2. The maximum absolute atomic E-state index is 12.7.